The van der Waals surface area contributed by atoms with Gasteiger partial charge in [-0.3, -0.25) is 9.59 Å². The largest absolute Gasteiger partial charge is 0.334 e. The Kier molecular flexibility index (Phi) is 2.90. The number of nitrogens with zero attached hydrogens (tertiary/aromatic N) is 1. The summed E-state index contributed by atoms with van der Waals surface area (Å²) in [4.78, 5) is 24.7. The van der Waals surface area contributed by atoms with E-state index in [1.165, 1.54) is 18.3 Å². The van der Waals surface area contributed by atoms with E-state index in [4.69, 9.17) is 5.26 Å². The monoisotopic (exact) mass is 205 g/mol. The number of amides is 1. The van der Waals surface area contributed by atoms with Crippen LogP contribution >= 0.6 is 0 Å². The molecule has 5 nitrogen and oxygen atoms in total. The molecule has 2 N–H and O–H groups in total. The number of nitrogens with one attached hydrogen (secondary N) is 2. The molecule has 0 aromatic carbocycles. The molecule has 1 heterocycles. The lowest BCUT2D eigenvalue weighted by molar-refractivity contribution is 0.0929. The zero-order chi connectivity index (χ0) is 11.5. The molecule has 0 spiro atoms. The van der Waals surface area contributed by atoms with Gasteiger partial charge in [0, 0.05) is 12.3 Å². The molecule has 0 bridgehead atoms. The van der Waals surface area contributed by atoms with E-state index in [1.54, 1.807) is 13.8 Å². The van der Waals surface area contributed by atoms with Crippen LogP contribution in [0.4, 0.5) is 0 Å². The fraction of sp³-hybridized carbons (Fsp3) is 0.300. The SMILES string of the molecule is CC(C)(C#N)NC(=O)c1ccc(=O)[nH]c1. The number of pyridine rings is 1. The summed E-state index contributed by atoms with van der Waals surface area (Å²) in [5.74, 6) is -0.391. The second-order valence-corrected chi connectivity index (χ2v) is 3.63. The lowest BCUT2D eigenvalue weighted by atomic mass is 10.1. The average molecular weight is 205 g/mol. The third kappa shape index (κ3) is 2.95. The summed E-state index contributed by atoms with van der Waals surface area (Å²) in [6.45, 7) is 3.19. The molecule has 1 rings (SSSR count). The first-order valence-electron chi connectivity index (χ1n) is 4.37. The summed E-state index contributed by atoms with van der Waals surface area (Å²) in [7, 11) is 0. The average Bonchev–Trinajstić information content (AvgIpc) is 2.18. The Morgan fingerprint density at radius 2 is 2.20 bits per heavy atom. The maximum atomic E-state index is 11.5. The van der Waals surface area contributed by atoms with Crippen LogP contribution in [0.3, 0.4) is 0 Å². The first kappa shape index (κ1) is 11.0. The van der Waals surface area contributed by atoms with Gasteiger partial charge in [0.05, 0.1) is 11.6 Å². The van der Waals surface area contributed by atoms with E-state index in [0.717, 1.165) is 0 Å². The molecular weight excluding hydrogens is 194 g/mol. The van der Waals surface area contributed by atoms with Gasteiger partial charge in [-0.25, -0.2) is 0 Å². The zero-order valence-electron chi connectivity index (χ0n) is 8.50. The number of carbonyl (C=O) groups excluding carboxylic acids is 1. The maximum Gasteiger partial charge on any atom is 0.253 e. The van der Waals surface area contributed by atoms with E-state index in [9.17, 15) is 9.59 Å². The molecule has 1 aromatic rings. The minimum absolute atomic E-state index is 0.272. The second kappa shape index (κ2) is 3.96. The van der Waals surface area contributed by atoms with Crippen molar-refractivity contribution in [3.05, 3.63) is 34.2 Å². The molecule has 5 heteroatoms. The van der Waals surface area contributed by atoms with Crippen molar-refractivity contribution in [2.45, 2.75) is 19.4 Å². The Morgan fingerprint density at radius 1 is 1.53 bits per heavy atom. The minimum atomic E-state index is -0.923. The van der Waals surface area contributed by atoms with Gasteiger partial charge in [-0.1, -0.05) is 0 Å². The predicted molar refractivity (Wildman–Crippen MR) is 54.2 cm³/mol. The first-order valence-corrected chi connectivity index (χ1v) is 4.37. The molecule has 0 atom stereocenters. The van der Waals surface area contributed by atoms with Crippen LogP contribution in [0.2, 0.25) is 0 Å². The number of hydrogen-bond acceptors (Lipinski definition) is 3. The molecule has 0 aliphatic rings. The van der Waals surface area contributed by atoms with Crippen LogP contribution < -0.4 is 10.9 Å². The van der Waals surface area contributed by atoms with E-state index in [2.05, 4.69) is 10.3 Å². The quantitative estimate of drug-likeness (QED) is 0.733. The summed E-state index contributed by atoms with van der Waals surface area (Å²) in [5.41, 5.74) is -0.878. The Balaban J connectivity index is 2.84. The number of nitriles is 1. The van der Waals surface area contributed by atoms with Gasteiger partial charge in [-0.2, -0.15) is 5.26 Å². The standard InChI is InChI=1S/C10H11N3O2/c1-10(2,6-11)13-9(15)7-3-4-8(14)12-5-7/h3-5H,1-2H3,(H,12,14)(H,13,15). The molecule has 0 aliphatic carbocycles. The highest BCUT2D eigenvalue weighted by molar-refractivity contribution is 5.94. The highest BCUT2D eigenvalue weighted by Gasteiger charge is 2.19. The summed E-state index contributed by atoms with van der Waals surface area (Å²) >= 11 is 0. The topological polar surface area (TPSA) is 85.8 Å². The first-order chi connectivity index (χ1) is 6.94. The van der Waals surface area contributed by atoms with Gasteiger partial charge in [0.2, 0.25) is 5.56 Å². The van der Waals surface area contributed by atoms with Crippen molar-refractivity contribution in [3.63, 3.8) is 0 Å². The predicted octanol–water partition coefficient (Wildman–Crippen LogP) is 0.407. The molecule has 1 amide bonds. The van der Waals surface area contributed by atoms with Crippen LogP contribution in [0, 0.1) is 11.3 Å². The Labute approximate surface area is 86.7 Å². The summed E-state index contributed by atoms with van der Waals surface area (Å²) in [6.07, 6.45) is 1.31. The zero-order valence-corrected chi connectivity index (χ0v) is 8.50. The molecule has 1 aromatic heterocycles. The van der Waals surface area contributed by atoms with Crippen molar-refractivity contribution in [3.8, 4) is 6.07 Å². The van der Waals surface area contributed by atoms with Crippen LogP contribution in [0.25, 0.3) is 0 Å². The van der Waals surface area contributed by atoms with Gasteiger partial charge in [-0.05, 0) is 19.9 Å². The molecule has 0 radical (unpaired) electrons. The number of rotatable bonds is 2. The highest BCUT2D eigenvalue weighted by atomic mass is 16.2. The fourth-order valence-corrected chi connectivity index (χ4v) is 0.936. The molecule has 15 heavy (non-hydrogen) atoms. The molecule has 0 fully saturated rings. The summed E-state index contributed by atoms with van der Waals surface area (Å²) in [5, 5.41) is 11.2. The van der Waals surface area contributed by atoms with Gasteiger partial charge in [0.25, 0.3) is 5.91 Å². The van der Waals surface area contributed by atoms with Crippen molar-refractivity contribution < 1.29 is 4.79 Å². The van der Waals surface area contributed by atoms with E-state index < -0.39 is 11.4 Å². The number of carbonyl (C=O) groups is 1. The molecule has 0 saturated heterocycles. The summed E-state index contributed by atoms with van der Waals surface area (Å²) < 4.78 is 0. The molecular formula is C10H11N3O2. The van der Waals surface area contributed by atoms with Crippen LogP contribution in [0.15, 0.2) is 23.1 Å². The van der Waals surface area contributed by atoms with Gasteiger partial charge >= 0.3 is 0 Å². The molecule has 0 unspecified atom stereocenters. The smallest absolute Gasteiger partial charge is 0.253 e. The van der Waals surface area contributed by atoms with Crippen molar-refractivity contribution in [1.82, 2.24) is 10.3 Å². The Hall–Kier alpha value is -2.09. The molecule has 78 valence electrons. The lowest BCUT2D eigenvalue weighted by Gasteiger charge is -2.17. The van der Waals surface area contributed by atoms with E-state index in [1.807, 2.05) is 6.07 Å². The molecule has 0 aliphatic heterocycles. The van der Waals surface area contributed by atoms with Crippen molar-refractivity contribution in [1.29, 1.82) is 5.26 Å². The van der Waals surface area contributed by atoms with Crippen molar-refractivity contribution in [2.24, 2.45) is 0 Å². The van der Waals surface area contributed by atoms with Crippen molar-refractivity contribution >= 4 is 5.91 Å². The van der Waals surface area contributed by atoms with Gasteiger partial charge < -0.3 is 10.3 Å². The van der Waals surface area contributed by atoms with Crippen LogP contribution in [0.1, 0.15) is 24.2 Å². The van der Waals surface area contributed by atoms with E-state index >= 15 is 0 Å². The lowest BCUT2D eigenvalue weighted by Crippen LogP contribution is -2.42. The van der Waals surface area contributed by atoms with Crippen LogP contribution in [-0.4, -0.2) is 16.4 Å². The van der Waals surface area contributed by atoms with Crippen molar-refractivity contribution in [2.75, 3.05) is 0 Å². The van der Waals surface area contributed by atoms with E-state index in [0.29, 0.717) is 5.56 Å². The Morgan fingerprint density at radius 3 is 2.67 bits per heavy atom. The number of aromatic amines is 1. The highest BCUT2D eigenvalue weighted by Crippen LogP contribution is 2.02. The number of aromatic nitrogens is 1. The van der Waals surface area contributed by atoms with Crippen LogP contribution in [-0.2, 0) is 0 Å². The summed E-state index contributed by atoms with van der Waals surface area (Å²) in [6, 6.07) is 4.61. The van der Waals surface area contributed by atoms with Crippen LogP contribution in [0.5, 0.6) is 0 Å². The van der Waals surface area contributed by atoms with E-state index in [-0.39, 0.29) is 5.56 Å². The number of hydrogen-bond donors (Lipinski definition) is 2. The maximum absolute atomic E-state index is 11.5. The van der Waals surface area contributed by atoms with Gasteiger partial charge in [0.15, 0.2) is 0 Å². The Bertz CT molecular complexity index is 448. The van der Waals surface area contributed by atoms with Gasteiger partial charge in [0.1, 0.15) is 5.54 Å². The number of H-pyrrole nitrogens is 1. The third-order valence-corrected chi connectivity index (χ3v) is 1.75. The fourth-order valence-electron chi connectivity index (χ4n) is 0.936. The third-order valence-electron chi connectivity index (χ3n) is 1.75. The second-order valence-electron chi connectivity index (χ2n) is 3.63. The minimum Gasteiger partial charge on any atom is -0.334 e. The molecule has 0 saturated carbocycles. The van der Waals surface area contributed by atoms with Gasteiger partial charge in [-0.15, -0.1) is 0 Å². The normalized spacial score (nSPS) is 10.5.